The molecule has 20 heavy (non-hydrogen) atoms. The minimum absolute atomic E-state index is 0.274. The van der Waals surface area contributed by atoms with Crippen LogP contribution in [0.15, 0.2) is 36.4 Å². The van der Waals surface area contributed by atoms with E-state index in [2.05, 4.69) is 10.6 Å². The molecule has 0 atom stereocenters. The first-order chi connectivity index (χ1) is 9.47. The molecule has 0 aliphatic carbocycles. The zero-order valence-corrected chi connectivity index (χ0v) is 12.5. The summed E-state index contributed by atoms with van der Waals surface area (Å²) in [5.41, 5.74) is 4.68. The van der Waals surface area contributed by atoms with E-state index in [4.69, 9.17) is 11.6 Å². The molecule has 0 bridgehead atoms. The third kappa shape index (κ3) is 3.31. The number of hydrogen-bond donors (Lipinski definition) is 2. The molecule has 2 aromatic carbocycles. The standard InChI is InChI=1S/C16H17ClN2O/c1-10-5-4-6-14(12(10)3)18-16(20)19-15-9-13(17)8-7-11(15)2/h4-9H,1-3H3,(H2,18,19,20). The van der Waals surface area contributed by atoms with Crippen LogP contribution in [0.4, 0.5) is 16.2 Å². The van der Waals surface area contributed by atoms with Crippen LogP contribution in [-0.4, -0.2) is 6.03 Å². The largest absolute Gasteiger partial charge is 0.323 e. The molecule has 0 fully saturated rings. The topological polar surface area (TPSA) is 41.1 Å². The van der Waals surface area contributed by atoms with Crippen LogP contribution in [0, 0.1) is 20.8 Å². The Labute approximate surface area is 124 Å². The fourth-order valence-electron chi connectivity index (χ4n) is 1.89. The van der Waals surface area contributed by atoms with Gasteiger partial charge in [-0.05, 0) is 55.7 Å². The molecule has 2 rings (SSSR count). The highest BCUT2D eigenvalue weighted by molar-refractivity contribution is 6.31. The molecule has 0 saturated heterocycles. The maximum atomic E-state index is 12.0. The first-order valence-electron chi connectivity index (χ1n) is 6.38. The van der Waals surface area contributed by atoms with Gasteiger partial charge in [0.05, 0.1) is 0 Å². The van der Waals surface area contributed by atoms with Gasteiger partial charge in [0.2, 0.25) is 0 Å². The monoisotopic (exact) mass is 288 g/mol. The van der Waals surface area contributed by atoms with Gasteiger partial charge >= 0.3 is 6.03 Å². The highest BCUT2D eigenvalue weighted by atomic mass is 35.5. The Hall–Kier alpha value is -2.00. The number of urea groups is 1. The van der Waals surface area contributed by atoms with E-state index in [1.165, 1.54) is 0 Å². The molecule has 4 heteroatoms. The molecule has 0 spiro atoms. The van der Waals surface area contributed by atoms with Crippen LogP contribution in [0.3, 0.4) is 0 Å². The predicted molar refractivity (Wildman–Crippen MR) is 84.7 cm³/mol. The second-order valence-corrected chi connectivity index (χ2v) is 5.22. The lowest BCUT2D eigenvalue weighted by molar-refractivity contribution is 0.262. The lowest BCUT2D eigenvalue weighted by Gasteiger charge is -2.13. The molecule has 2 N–H and O–H groups in total. The van der Waals surface area contributed by atoms with E-state index in [1.54, 1.807) is 12.1 Å². The molecule has 0 unspecified atom stereocenters. The van der Waals surface area contributed by atoms with Crippen LogP contribution in [0.2, 0.25) is 5.02 Å². The maximum absolute atomic E-state index is 12.0. The van der Waals surface area contributed by atoms with E-state index in [0.29, 0.717) is 10.7 Å². The van der Waals surface area contributed by atoms with E-state index in [1.807, 2.05) is 45.0 Å². The summed E-state index contributed by atoms with van der Waals surface area (Å²) in [5.74, 6) is 0. The second kappa shape index (κ2) is 5.97. The number of halogens is 1. The van der Waals surface area contributed by atoms with Crippen molar-refractivity contribution in [2.24, 2.45) is 0 Å². The summed E-state index contributed by atoms with van der Waals surface area (Å²) in [6, 6.07) is 10.9. The highest BCUT2D eigenvalue weighted by Gasteiger charge is 2.07. The Balaban J connectivity index is 2.13. The Bertz CT molecular complexity index is 647. The van der Waals surface area contributed by atoms with Crippen molar-refractivity contribution in [1.82, 2.24) is 0 Å². The van der Waals surface area contributed by atoms with Crippen LogP contribution in [0.25, 0.3) is 0 Å². The Kier molecular flexibility index (Phi) is 4.30. The van der Waals surface area contributed by atoms with Crippen molar-refractivity contribution in [3.05, 3.63) is 58.1 Å². The summed E-state index contributed by atoms with van der Waals surface area (Å²) in [6.45, 7) is 5.92. The smallest absolute Gasteiger partial charge is 0.307 e. The number of benzene rings is 2. The lowest BCUT2D eigenvalue weighted by atomic mass is 10.1. The Morgan fingerprint density at radius 3 is 2.40 bits per heavy atom. The summed E-state index contributed by atoms with van der Waals surface area (Å²) in [5, 5.41) is 6.26. The van der Waals surface area contributed by atoms with E-state index >= 15 is 0 Å². The lowest BCUT2D eigenvalue weighted by Crippen LogP contribution is -2.20. The van der Waals surface area contributed by atoms with Gasteiger partial charge in [-0.2, -0.15) is 0 Å². The molecule has 0 heterocycles. The number of nitrogens with one attached hydrogen (secondary N) is 2. The minimum Gasteiger partial charge on any atom is -0.307 e. The van der Waals surface area contributed by atoms with Crippen LogP contribution < -0.4 is 10.6 Å². The third-order valence-corrected chi connectivity index (χ3v) is 3.54. The second-order valence-electron chi connectivity index (χ2n) is 4.79. The van der Waals surface area contributed by atoms with Crippen molar-refractivity contribution < 1.29 is 4.79 Å². The van der Waals surface area contributed by atoms with Crippen LogP contribution in [0.5, 0.6) is 0 Å². The molecule has 2 amide bonds. The fraction of sp³-hybridized carbons (Fsp3) is 0.188. The van der Waals surface area contributed by atoms with Crippen molar-refractivity contribution in [3.8, 4) is 0 Å². The SMILES string of the molecule is Cc1ccc(Cl)cc1NC(=O)Nc1cccc(C)c1C. The molecular formula is C16H17ClN2O. The van der Waals surface area contributed by atoms with Gasteiger partial charge in [0.15, 0.2) is 0 Å². The van der Waals surface area contributed by atoms with E-state index in [9.17, 15) is 4.79 Å². The molecule has 0 aromatic heterocycles. The molecule has 2 aromatic rings. The molecule has 0 saturated carbocycles. The summed E-state index contributed by atoms with van der Waals surface area (Å²) in [7, 11) is 0. The van der Waals surface area contributed by atoms with Crippen molar-refractivity contribution in [2.75, 3.05) is 10.6 Å². The Morgan fingerprint density at radius 1 is 0.950 bits per heavy atom. The van der Waals surface area contributed by atoms with Gasteiger partial charge in [-0.3, -0.25) is 0 Å². The van der Waals surface area contributed by atoms with Gasteiger partial charge in [0.1, 0.15) is 0 Å². The minimum atomic E-state index is -0.274. The number of carbonyl (C=O) groups excluding carboxylic acids is 1. The maximum Gasteiger partial charge on any atom is 0.323 e. The summed E-state index contributed by atoms with van der Waals surface area (Å²) < 4.78 is 0. The van der Waals surface area contributed by atoms with E-state index in [0.717, 1.165) is 22.4 Å². The van der Waals surface area contributed by atoms with Crippen molar-refractivity contribution in [2.45, 2.75) is 20.8 Å². The number of amides is 2. The van der Waals surface area contributed by atoms with Gasteiger partial charge in [0, 0.05) is 16.4 Å². The van der Waals surface area contributed by atoms with E-state index < -0.39 is 0 Å². The molecule has 104 valence electrons. The number of hydrogen-bond acceptors (Lipinski definition) is 1. The molecule has 0 aliphatic heterocycles. The normalized spacial score (nSPS) is 10.2. The van der Waals surface area contributed by atoms with Gasteiger partial charge in [0.25, 0.3) is 0 Å². The van der Waals surface area contributed by atoms with Crippen LogP contribution >= 0.6 is 11.6 Å². The van der Waals surface area contributed by atoms with Crippen molar-refractivity contribution in [3.63, 3.8) is 0 Å². The molecule has 3 nitrogen and oxygen atoms in total. The van der Waals surface area contributed by atoms with Crippen LogP contribution in [-0.2, 0) is 0 Å². The zero-order valence-electron chi connectivity index (χ0n) is 11.8. The Morgan fingerprint density at radius 2 is 1.65 bits per heavy atom. The zero-order chi connectivity index (χ0) is 14.7. The summed E-state index contributed by atoms with van der Waals surface area (Å²) in [6.07, 6.45) is 0. The number of anilines is 2. The van der Waals surface area contributed by atoms with Gasteiger partial charge in [-0.25, -0.2) is 4.79 Å². The quantitative estimate of drug-likeness (QED) is 0.810. The highest BCUT2D eigenvalue weighted by Crippen LogP contribution is 2.21. The van der Waals surface area contributed by atoms with E-state index in [-0.39, 0.29) is 6.03 Å². The van der Waals surface area contributed by atoms with Crippen molar-refractivity contribution in [1.29, 1.82) is 0 Å². The number of carbonyl (C=O) groups is 1. The fourth-order valence-corrected chi connectivity index (χ4v) is 2.06. The van der Waals surface area contributed by atoms with Gasteiger partial charge in [-0.15, -0.1) is 0 Å². The van der Waals surface area contributed by atoms with Gasteiger partial charge in [-0.1, -0.05) is 29.8 Å². The first kappa shape index (κ1) is 14.4. The summed E-state index contributed by atoms with van der Waals surface area (Å²) >= 11 is 5.93. The predicted octanol–water partition coefficient (Wildman–Crippen LogP) is 4.91. The number of rotatable bonds is 2. The first-order valence-corrected chi connectivity index (χ1v) is 6.75. The molecule has 0 radical (unpaired) electrons. The average molecular weight is 289 g/mol. The third-order valence-electron chi connectivity index (χ3n) is 3.30. The summed E-state index contributed by atoms with van der Waals surface area (Å²) in [4.78, 5) is 12.0. The molecular weight excluding hydrogens is 272 g/mol. The average Bonchev–Trinajstić information content (AvgIpc) is 2.39. The van der Waals surface area contributed by atoms with Gasteiger partial charge < -0.3 is 10.6 Å². The number of aryl methyl sites for hydroxylation is 2. The van der Waals surface area contributed by atoms with Crippen molar-refractivity contribution >= 4 is 29.0 Å². The van der Waals surface area contributed by atoms with Crippen LogP contribution in [0.1, 0.15) is 16.7 Å². The molecule has 0 aliphatic rings.